The summed E-state index contributed by atoms with van der Waals surface area (Å²) >= 11 is 3.89. The van der Waals surface area contributed by atoms with Crippen LogP contribution in [-0.4, -0.2) is 53.1 Å². The normalized spacial score (nSPS) is 23.5. The zero-order chi connectivity index (χ0) is 27.3. The van der Waals surface area contributed by atoms with E-state index in [0.717, 1.165) is 60.8 Å². The van der Waals surface area contributed by atoms with Crippen molar-refractivity contribution in [3.05, 3.63) is 40.5 Å². The molecule has 0 radical (unpaired) electrons. The lowest BCUT2D eigenvalue weighted by Crippen LogP contribution is -2.28. The first-order valence-corrected chi connectivity index (χ1v) is 14.7. The van der Waals surface area contributed by atoms with Gasteiger partial charge in [0.15, 0.2) is 5.79 Å². The van der Waals surface area contributed by atoms with E-state index in [1.54, 1.807) is 0 Å². The molecule has 2 fully saturated rings. The van der Waals surface area contributed by atoms with E-state index in [0.29, 0.717) is 25.0 Å². The van der Waals surface area contributed by atoms with Crippen LogP contribution >= 0.6 is 15.9 Å². The third-order valence-corrected chi connectivity index (χ3v) is 8.04. The molecule has 1 aliphatic heterocycles. The van der Waals surface area contributed by atoms with Gasteiger partial charge in [-0.25, -0.2) is 4.79 Å². The lowest BCUT2D eigenvalue weighted by atomic mass is 9.82. The molecule has 4 rings (SSSR count). The van der Waals surface area contributed by atoms with Crippen LogP contribution in [0, 0.1) is 11.8 Å². The summed E-state index contributed by atoms with van der Waals surface area (Å²) in [6, 6.07) is 10.4. The van der Waals surface area contributed by atoms with E-state index in [-0.39, 0.29) is 18.7 Å². The van der Waals surface area contributed by atoms with Gasteiger partial charge in [0.2, 0.25) is 0 Å². The Kier molecular flexibility index (Phi) is 9.72. The second kappa shape index (κ2) is 12.6. The number of carbonyl (C=O) groups is 1. The molecule has 2 aliphatic rings. The Balaban J connectivity index is 1.34. The van der Waals surface area contributed by atoms with Gasteiger partial charge in [0.05, 0.1) is 29.5 Å². The molecule has 1 saturated carbocycles. The van der Waals surface area contributed by atoms with Crippen LogP contribution in [0.15, 0.2) is 34.8 Å². The Morgan fingerprint density at radius 1 is 1.13 bits per heavy atom. The van der Waals surface area contributed by atoms with Crippen LogP contribution in [0.5, 0.6) is 0 Å². The number of hydrogen-bond acceptors (Lipinski definition) is 6. The fraction of sp³-hybridized carbons (Fsp3) is 0.667. The molecule has 0 spiro atoms. The highest BCUT2D eigenvalue weighted by atomic mass is 79.9. The number of benzene rings is 1. The fourth-order valence-corrected chi connectivity index (χ4v) is 6.06. The number of aromatic nitrogens is 2. The average molecular weight is 592 g/mol. The monoisotopic (exact) mass is 590 g/mol. The van der Waals surface area contributed by atoms with E-state index in [9.17, 15) is 4.79 Å². The molecule has 1 aliphatic carbocycles. The Morgan fingerprint density at radius 3 is 2.45 bits per heavy atom. The van der Waals surface area contributed by atoms with Crippen molar-refractivity contribution in [1.29, 1.82) is 0 Å². The van der Waals surface area contributed by atoms with Crippen molar-refractivity contribution in [2.24, 2.45) is 11.8 Å². The number of esters is 1. The topological polar surface area (TPSA) is 71.8 Å². The number of halogens is 1. The second-order valence-corrected chi connectivity index (χ2v) is 12.9. The Labute approximate surface area is 235 Å². The number of carbonyl (C=O) groups excluding carboxylic acids is 1. The Morgan fingerprint density at radius 2 is 1.82 bits per heavy atom. The highest BCUT2D eigenvalue weighted by Gasteiger charge is 2.33. The first kappa shape index (κ1) is 29.2. The standard InChI is InChI=1S/C30H43BrN2O5/c1-29(2,3)38-26(34)20-35-18-22-13-11-21(12-14-22)17-33-25(16-15-24-19-36-30(4,5)37-24)27(31)28(32-33)23-9-7-6-8-10-23/h6-10,21-22,24H,11-20H2,1-5H3/t21-,22+,24-/m0/s1. The Hall–Kier alpha value is -1.74. The molecule has 0 bridgehead atoms. The van der Waals surface area contributed by atoms with E-state index >= 15 is 0 Å². The summed E-state index contributed by atoms with van der Waals surface area (Å²) in [6.45, 7) is 11.7. The molecule has 2 heterocycles. The molecule has 0 unspecified atom stereocenters. The summed E-state index contributed by atoms with van der Waals surface area (Å²) in [5.74, 6) is 0.249. The van der Waals surface area contributed by atoms with Crippen molar-refractivity contribution >= 4 is 21.9 Å². The SMILES string of the molecule is CC(C)(C)OC(=O)COC[C@H]1CC[C@@H](Cn2nc(-c3ccccc3)c(Br)c2CC[C@H]2COC(C)(C)O2)CC1. The van der Waals surface area contributed by atoms with E-state index < -0.39 is 11.4 Å². The molecule has 38 heavy (non-hydrogen) atoms. The van der Waals surface area contributed by atoms with E-state index in [2.05, 4.69) is 44.9 Å². The van der Waals surface area contributed by atoms with Gasteiger partial charge in [0.25, 0.3) is 0 Å². The highest BCUT2D eigenvalue weighted by molar-refractivity contribution is 9.10. The van der Waals surface area contributed by atoms with Gasteiger partial charge in [0.1, 0.15) is 17.9 Å². The van der Waals surface area contributed by atoms with Gasteiger partial charge < -0.3 is 18.9 Å². The van der Waals surface area contributed by atoms with Gasteiger partial charge in [-0.3, -0.25) is 4.68 Å². The smallest absolute Gasteiger partial charge is 0.332 e. The number of nitrogens with zero attached hydrogens (tertiary/aromatic N) is 2. The minimum Gasteiger partial charge on any atom is -0.458 e. The van der Waals surface area contributed by atoms with Gasteiger partial charge >= 0.3 is 5.97 Å². The van der Waals surface area contributed by atoms with Gasteiger partial charge in [-0.1, -0.05) is 30.3 Å². The molecular formula is C30H43BrN2O5. The van der Waals surface area contributed by atoms with Crippen molar-refractivity contribution in [3.63, 3.8) is 0 Å². The molecule has 1 aromatic carbocycles. The Bertz CT molecular complexity index is 1050. The maximum Gasteiger partial charge on any atom is 0.332 e. The first-order chi connectivity index (χ1) is 18.0. The van der Waals surface area contributed by atoms with Crippen LogP contribution < -0.4 is 0 Å². The summed E-state index contributed by atoms with van der Waals surface area (Å²) in [6.07, 6.45) is 6.33. The van der Waals surface area contributed by atoms with Gasteiger partial charge in [-0.05, 0) is 101 Å². The van der Waals surface area contributed by atoms with E-state index in [1.165, 1.54) is 5.69 Å². The van der Waals surface area contributed by atoms with Crippen LogP contribution in [0.4, 0.5) is 0 Å². The predicted molar refractivity (Wildman–Crippen MR) is 151 cm³/mol. The van der Waals surface area contributed by atoms with Crippen LogP contribution in [-0.2, 0) is 36.7 Å². The van der Waals surface area contributed by atoms with Crippen molar-refractivity contribution < 1.29 is 23.7 Å². The molecule has 1 atom stereocenters. The summed E-state index contributed by atoms with van der Waals surface area (Å²) in [4.78, 5) is 11.9. The minimum absolute atomic E-state index is 0.0249. The zero-order valence-electron chi connectivity index (χ0n) is 23.5. The molecule has 2 aromatic rings. The lowest BCUT2D eigenvalue weighted by molar-refractivity contribution is -0.160. The lowest BCUT2D eigenvalue weighted by Gasteiger charge is -2.29. The molecule has 8 heteroatoms. The van der Waals surface area contributed by atoms with Crippen LogP contribution in [0.25, 0.3) is 11.3 Å². The molecule has 1 aromatic heterocycles. The van der Waals surface area contributed by atoms with Gasteiger partial charge in [0, 0.05) is 12.1 Å². The number of ether oxygens (including phenoxy) is 4. The van der Waals surface area contributed by atoms with E-state index in [4.69, 9.17) is 24.0 Å². The van der Waals surface area contributed by atoms with Crippen LogP contribution in [0.2, 0.25) is 0 Å². The average Bonchev–Trinajstić information content (AvgIpc) is 3.36. The first-order valence-electron chi connectivity index (χ1n) is 13.9. The molecule has 1 saturated heterocycles. The van der Waals surface area contributed by atoms with Gasteiger partial charge in [-0.15, -0.1) is 0 Å². The predicted octanol–water partition coefficient (Wildman–Crippen LogP) is 6.56. The third kappa shape index (κ3) is 8.38. The van der Waals surface area contributed by atoms with Crippen molar-refractivity contribution in [3.8, 4) is 11.3 Å². The van der Waals surface area contributed by atoms with Crippen LogP contribution in [0.1, 0.15) is 72.4 Å². The van der Waals surface area contributed by atoms with Crippen LogP contribution in [0.3, 0.4) is 0 Å². The summed E-state index contributed by atoms with van der Waals surface area (Å²) in [5, 5.41) is 5.09. The summed E-state index contributed by atoms with van der Waals surface area (Å²) < 4.78 is 26.2. The quantitative estimate of drug-likeness (QED) is 0.292. The number of rotatable bonds is 10. The maximum absolute atomic E-state index is 11.9. The highest BCUT2D eigenvalue weighted by Crippen LogP contribution is 2.35. The largest absolute Gasteiger partial charge is 0.458 e. The molecular weight excluding hydrogens is 548 g/mol. The van der Waals surface area contributed by atoms with Crippen molar-refractivity contribution in [1.82, 2.24) is 9.78 Å². The fourth-order valence-electron chi connectivity index (χ4n) is 5.35. The molecule has 210 valence electrons. The van der Waals surface area contributed by atoms with Gasteiger partial charge in [-0.2, -0.15) is 5.10 Å². The summed E-state index contributed by atoms with van der Waals surface area (Å²) in [7, 11) is 0. The molecule has 0 amide bonds. The van der Waals surface area contributed by atoms with Crippen molar-refractivity contribution in [2.75, 3.05) is 19.8 Å². The van der Waals surface area contributed by atoms with Crippen molar-refractivity contribution in [2.45, 2.75) is 97.2 Å². The minimum atomic E-state index is -0.507. The summed E-state index contributed by atoms with van der Waals surface area (Å²) in [5.41, 5.74) is 2.86. The zero-order valence-corrected chi connectivity index (χ0v) is 25.1. The molecule has 0 N–H and O–H groups in total. The molecule has 7 nitrogen and oxygen atoms in total. The third-order valence-electron chi connectivity index (χ3n) is 7.20. The van der Waals surface area contributed by atoms with E-state index in [1.807, 2.05) is 40.7 Å². The number of hydrogen-bond donors (Lipinski definition) is 0. The second-order valence-electron chi connectivity index (χ2n) is 12.1. The maximum atomic E-state index is 11.9.